The normalized spacial score (nSPS) is 31.5. The number of piperidine rings is 1. The van der Waals surface area contributed by atoms with E-state index in [1.54, 1.807) is 0 Å². The lowest BCUT2D eigenvalue weighted by molar-refractivity contribution is -0.0392. The molecule has 1 aromatic rings. The lowest BCUT2D eigenvalue weighted by atomic mass is 9.78. The van der Waals surface area contributed by atoms with Gasteiger partial charge in [0.05, 0.1) is 5.60 Å². The van der Waals surface area contributed by atoms with Crippen molar-refractivity contribution < 1.29 is 5.11 Å². The Morgan fingerprint density at radius 3 is 3.00 bits per heavy atom. The third-order valence-corrected chi connectivity index (χ3v) is 3.51. The third-order valence-electron chi connectivity index (χ3n) is 3.27. The molecule has 1 heterocycles. The van der Waals surface area contributed by atoms with Crippen molar-refractivity contribution in [3.8, 4) is 0 Å². The van der Waals surface area contributed by atoms with Crippen LogP contribution in [0.25, 0.3) is 0 Å². The summed E-state index contributed by atoms with van der Waals surface area (Å²) < 4.78 is 0. The van der Waals surface area contributed by atoms with Crippen LogP contribution in [0.2, 0.25) is 5.02 Å². The van der Waals surface area contributed by atoms with E-state index in [9.17, 15) is 5.11 Å². The van der Waals surface area contributed by atoms with Crippen LogP contribution in [-0.2, 0) is 5.60 Å². The Hall–Kier alpha value is -0.570. The van der Waals surface area contributed by atoms with Crippen LogP contribution in [0.4, 0.5) is 0 Å². The van der Waals surface area contributed by atoms with Crippen molar-refractivity contribution in [1.29, 1.82) is 0 Å². The first-order chi connectivity index (χ1) is 7.13. The molecule has 0 amide bonds. The van der Waals surface area contributed by atoms with Crippen molar-refractivity contribution in [3.05, 3.63) is 34.9 Å². The Morgan fingerprint density at radius 1 is 1.53 bits per heavy atom. The lowest BCUT2D eigenvalue weighted by Gasteiger charge is -2.39. The van der Waals surface area contributed by atoms with Gasteiger partial charge >= 0.3 is 0 Å². The molecule has 15 heavy (non-hydrogen) atoms. The SMILES string of the molecule is CC1CNCCC1(O)c1cccc(Cl)c1. The summed E-state index contributed by atoms with van der Waals surface area (Å²) in [5.41, 5.74) is 0.208. The number of hydrogen-bond donors (Lipinski definition) is 2. The van der Waals surface area contributed by atoms with Gasteiger partial charge in [-0.2, -0.15) is 0 Å². The molecule has 2 rings (SSSR count). The first kappa shape index (κ1) is 10.9. The second-order valence-corrected chi connectivity index (χ2v) is 4.73. The molecule has 82 valence electrons. The summed E-state index contributed by atoms with van der Waals surface area (Å²) in [6, 6.07) is 7.54. The van der Waals surface area contributed by atoms with Gasteiger partial charge in [-0.15, -0.1) is 0 Å². The van der Waals surface area contributed by atoms with Crippen LogP contribution in [0.15, 0.2) is 24.3 Å². The fourth-order valence-electron chi connectivity index (χ4n) is 2.20. The minimum Gasteiger partial charge on any atom is -0.385 e. The highest BCUT2D eigenvalue weighted by molar-refractivity contribution is 6.30. The van der Waals surface area contributed by atoms with Crippen molar-refractivity contribution in [3.63, 3.8) is 0 Å². The molecule has 1 saturated heterocycles. The number of benzene rings is 1. The van der Waals surface area contributed by atoms with Gasteiger partial charge in [0.25, 0.3) is 0 Å². The summed E-state index contributed by atoms with van der Waals surface area (Å²) in [5.74, 6) is 0.213. The Balaban J connectivity index is 2.34. The molecule has 0 aliphatic carbocycles. The molecule has 2 N–H and O–H groups in total. The third kappa shape index (κ3) is 2.03. The zero-order valence-electron chi connectivity index (χ0n) is 8.83. The van der Waals surface area contributed by atoms with Crippen LogP contribution in [0, 0.1) is 5.92 Å². The van der Waals surface area contributed by atoms with E-state index in [0.29, 0.717) is 5.02 Å². The maximum absolute atomic E-state index is 10.6. The molecule has 1 aliphatic rings. The fourth-order valence-corrected chi connectivity index (χ4v) is 2.39. The first-order valence-corrected chi connectivity index (χ1v) is 5.70. The lowest BCUT2D eigenvalue weighted by Crippen LogP contribution is -2.46. The van der Waals surface area contributed by atoms with Crippen molar-refractivity contribution in [2.45, 2.75) is 18.9 Å². The molecule has 0 bridgehead atoms. The molecule has 0 aromatic heterocycles. The van der Waals surface area contributed by atoms with Gasteiger partial charge in [0, 0.05) is 17.5 Å². The highest BCUT2D eigenvalue weighted by atomic mass is 35.5. The number of nitrogens with one attached hydrogen (secondary N) is 1. The summed E-state index contributed by atoms with van der Waals surface area (Å²) in [7, 11) is 0. The van der Waals surface area contributed by atoms with Crippen molar-refractivity contribution in [1.82, 2.24) is 5.32 Å². The smallest absolute Gasteiger partial charge is 0.0946 e. The van der Waals surface area contributed by atoms with Crippen LogP contribution in [0.3, 0.4) is 0 Å². The van der Waals surface area contributed by atoms with Gasteiger partial charge in [0.1, 0.15) is 0 Å². The minimum atomic E-state index is -0.726. The van der Waals surface area contributed by atoms with Crippen molar-refractivity contribution >= 4 is 11.6 Å². The van der Waals surface area contributed by atoms with E-state index in [0.717, 1.165) is 25.1 Å². The van der Waals surface area contributed by atoms with Crippen molar-refractivity contribution in [2.75, 3.05) is 13.1 Å². The second kappa shape index (κ2) is 4.12. The summed E-state index contributed by atoms with van der Waals surface area (Å²) in [4.78, 5) is 0. The van der Waals surface area contributed by atoms with Crippen LogP contribution >= 0.6 is 11.6 Å². The van der Waals surface area contributed by atoms with Crippen LogP contribution < -0.4 is 5.32 Å². The largest absolute Gasteiger partial charge is 0.385 e. The topological polar surface area (TPSA) is 32.3 Å². The van der Waals surface area contributed by atoms with Crippen LogP contribution in [-0.4, -0.2) is 18.2 Å². The van der Waals surface area contributed by atoms with Gasteiger partial charge in [-0.25, -0.2) is 0 Å². The molecular weight excluding hydrogens is 210 g/mol. The monoisotopic (exact) mass is 225 g/mol. The summed E-state index contributed by atoms with van der Waals surface area (Å²) >= 11 is 5.95. The van der Waals surface area contributed by atoms with Gasteiger partial charge in [0.15, 0.2) is 0 Å². The fraction of sp³-hybridized carbons (Fsp3) is 0.500. The molecule has 0 saturated carbocycles. The van der Waals surface area contributed by atoms with Gasteiger partial charge < -0.3 is 10.4 Å². The molecule has 3 heteroatoms. The van der Waals surface area contributed by atoms with E-state index in [1.807, 2.05) is 24.3 Å². The van der Waals surface area contributed by atoms with Crippen molar-refractivity contribution in [2.24, 2.45) is 5.92 Å². The number of rotatable bonds is 1. The van der Waals surface area contributed by atoms with Gasteiger partial charge in [0.2, 0.25) is 0 Å². The summed E-state index contributed by atoms with van der Waals surface area (Å²) in [6.45, 7) is 3.77. The molecule has 2 nitrogen and oxygen atoms in total. The molecule has 0 radical (unpaired) electrons. The predicted octanol–water partition coefficient (Wildman–Crippen LogP) is 2.16. The minimum absolute atomic E-state index is 0.213. The summed E-state index contributed by atoms with van der Waals surface area (Å²) in [5, 5.41) is 14.6. The quantitative estimate of drug-likeness (QED) is 0.768. The summed E-state index contributed by atoms with van der Waals surface area (Å²) in [6.07, 6.45) is 0.745. The molecule has 1 fully saturated rings. The van der Waals surface area contributed by atoms with E-state index < -0.39 is 5.60 Å². The highest BCUT2D eigenvalue weighted by Crippen LogP contribution is 2.35. The number of aliphatic hydroxyl groups is 1. The maximum Gasteiger partial charge on any atom is 0.0946 e. The first-order valence-electron chi connectivity index (χ1n) is 5.32. The Morgan fingerprint density at radius 2 is 2.33 bits per heavy atom. The van der Waals surface area contributed by atoms with Gasteiger partial charge in [-0.1, -0.05) is 30.7 Å². The van der Waals surface area contributed by atoms with Gasteiger partial charge in [-0.05, 0) is 30.7 Å². The zero-order chi connectivity index (χ0) is 10.9. The molecule has 2 unspecified atom stereocenters. The molecule has 0 spiro atoms. The zero-order valence-corrected chi connectivity index (χ0v) is 9.59. The molecular formula is C12H16ClNO. The Labute approximate surface area is 95.3 Å². The highest BCUT2D eigenvalue weighted by Gasteiger charge is 2.37. The Kier molecular flexibility index (Phi) is 3.01. The van der Waals surface area contributed by atoms with E-state index in [1.165, 1.54) is 0 Å². The van der Waals surface area contributed by atoms with Gasteiger partial charge in [-0.3, -0.25) is 0 Å². The second-order valence-electron chi connectivity index (χ2n) is 4.29. The van der Waals surface area contributed by atoms with E-state index in [4.69, 9.17) is 11.6 Å². The molecule has 2 atom stereocenters. The predicted molar refractivity (Wildman–Crippen MR) is 62.0 cm³/mol. The van der Waals surface area contributed by atoms with Crippen LogP contribution in [0.1, 0.15) is 18.9 Å². The standard InChI is InChI=1S/C12H16ClNO/c1-9-8-14-6-5-12(9,15)10-3-2-4-11(13)7-10/h2-4,7,9,14-15H,5-6,8H2,1H3. The number of halogens is 1. The molecule has 1 aliphatic heterocycles. The van der Waals surface area contributed by atoms with E-state index in [2.05, 4.69) is 12.2 Å². The average molecular weight is 226 g/mol. The Bertz CT molecular complexity index is 355. The maximum atomic E-state index is 10.6. The molecule has 1 aromatic carbocycles. The van der Waals surface area contributed by atoms with E-state index in [-0.39, 0.29) is 5.92 Å². The van der Waals surface area contributed by atoms with E-state index >= 15 is 0 Å². The average Bonchev–Trinajstić information content (AvgIpc) is 2.23. The number of hydrogen-bond acceptors (Lipinski definition) is 2. The van der Waals surface area contributed by atoms with Crippen LogP contribution in [0.5, 0.6) is 0 Å².